The molecule has 0 amide bonds. The van der Waals surface area contributed by atoms with Crippen LogP contribution in [-0.4, -0.2) is 34.6 Å². The molecule has 0 aliphatic heterocycles. The van der Waals surface area contributed by atoms with E-state index >= 15 is 0 Å². The summed E-state index contributed by atoms with van der Waals surface area (Å²) in [5.74, 6) is -1.90. The number of aromatic nitrogens is 1. The zero-order chi connectivity index (χ0) is 10.7. The molecule has 0 radical (unpaired) electrons. The van der Waals surface area contributed by atoms with Gasteiger partial charge >= 0.3 is 5.97 Å². The molecule has 0 bridgehead atoms. The Kier molecular flexibility index (Phi) is 2.57. The monoisotopic (exact) mass is 193 g/mol. The highest BCUT2D eigenvalue weighted by Crippen LogP contribution is 2.37. The molecule has 1 aromatic rings. The Morgan fingerprint density at radius 3 is 2.50 bits per heavy atom. The van der Waals surface area contributed by atoms with Gasteiger partial charge in [0.05, 0.1) is 6.20 Å². The molecule has 72 valence electrons. The summed E-state index contributed by atoms with van der Waals surface area (Å²) < 4.78 is 0. The molecule has 6 nitrogen and oxygen atoms in total. The zero-order valence-corrected chi connectivity index (χ0v) is 7.14. The predicted molar refractivity (Wildman–Crippen MR) is 51.3 cm³/mol. The highest BCUT2D eigenvalue weighted by Gasteiger charge is 2.17. The Balaban J connectivity index is 3.49. The fourth-order valence-electron chi connectivity index (χ4n) is 0.910. The SMILES string of the molecule is C=Nc1cnc(C(=O)O)c(O)c1N=C. The Labute approximate surface area is 79.3 Å². The van der Waals surface area contributed by atoms with Gasteiger partial charge in [-0.1, -0.05) is 0 Å². The summed E-state index contributed by atoms with van der Waals surface area (Å²) >= 11 is 0. The molecule has 0 saturated heterocycles. The molecule has 0 unspecified atom stereocenters. The number of hydrogen-bond donors (Lipinski definition) is 2. The van der Waals surface area contributed by atoms with Gasteiger partial charge in [-0.05, 0) is 13.4 Å². The zero-order valence-electron chi connectivity index (χ0n) is 7.14. The molecule has 14 heavy (non-hydrogen) atoms. The second kappa shape index (κ2) is 3.65. The van der Waals surface area contributed by atoms with E-state index in [-0.39, 0.29) is 11.4 Å². The molecule has 0 aromatic carbocycles. The van der Waals surface area contributed by atoms with E-state index < -0.39 is 17.4 Å². The van der Waals surface area contributed by atoms with Crippen molar-refractivity contribution in [3.05, 3.63) is 11.9 Å². The molecule has 0 saturated carbocycles. The van der Waals surface area contributed by atoms with Crippen molar-refractivity contribution in [2.75, 3.05) is 0 Å². The van der Waals surface area contributed by atoms with Crippen molar-refractivity contribution in [1.29, 1.82) is 0 Å². The summed E-state index contributed by atoms with van der Waals surface area (Å²) in [6.45, 7) is 6.40. The molecule has 0 atom stereocenters. The van der Waals surface area contributed by atoms with Crippen molar-refractivity contribution in [1.82, 2.24) is 4.98 Å². The topological polar surface area (TPSA) is 95.1 Å². The standard InChI is InChI=1S/C8H7N3O3/c1-9-4-3-11-6(8(13)14)7(12)5(4)10-2/h3,12H,1-2H2,(H,13,14). The van der Waals surface area contributed by atoms with Gasteiger partial charge in [-0.2, -0.15) is 0 Å². The molecule has 6 heteroatoms. The second-order valence-electron chi connectivity index (χ2n) is 2.31. The van der Waals surface area contributed by atoms with E-state index in [0.29, 0.717) is 0 Å². The number of aromatic hydroxyl groups is 1. The molecular weight excluding hydrogens is 186 g/mol. The summed E-state index contributed by atoms with van der Waals surface area (Å²) in [7, 11) is 0. The molecule has 1 aromatic heterocycles. The van der Waals surface area contributed by atoms with Crippen molar-refractivity contribution >= 4 is 30.8 Å². The third kappa shape index (κ3) is 1.45. The third-order valence-corrected chi connectivity index (χ3v) is 1.54. The number of carbonyl (C=O) groups is 1. The van der Waals surface area contributed by atoms with Gasteiger partial charge in [0.2, 0.25) is 0 Å². The fraction of sp³-hybridized carbons (Fsp3) is 0. The lowest BCUT2D eigenvalue weighted by atomic mass is 10.2. The molecular formula is C8H7N3O3. The fourth-order valence-corrected chi connectivity index (χ4v) is 0.910. The van der Waals surface area contributed by atoms with Crippen LogP contribution in [0.2, 0.25) is 0 Å². The summed E-state index contributed by atoms with van der Waals surface area (Å²) in [6, 6.07) is 0. The van der Waals surface area contributed by atoms with Crippen LogP contribution in [0.5, 0.6) is 5.75 Å². The number of aromatic carboxylic acids is 1. The van der Waals surface area contributed by atoms with Gasteiger partial charge in [0.1, 0.15) is 11.4 Å². The predicted octanol–water partition coefficient (Wildman–Crippen LogP) is 1.15. The normalized spacial score (nSPS) is 9.43. The minimum atomic E-state index is -1.34. The summed E-state index contributed by atoms with van der Waals surface area (Å²) in [5.41, 5.74) is -0.338. The number of hydrogen-bond acceptors (Lipinski definition) is 5. The van der Waals surface area contributed by atoms with Gasteiger partial charge in [0.25, 0.3) is 0 Å². The van der Waals surface area contributed by atoms with Crippen molar-refractivity contribution in [3.8, 4) is 5.75 Å². The van der Waals surface area contributed by atoms with Crippen LogP contribution in [-0.2, 0) is 0 Å². The van der Waals surface area contributed by atoms with Gasteiger partial charge in [-0.15, -0.1) is 0 Å². The van der Waals surface area contributed by atoms with Gasteiger partial charge in [-0.3, -0.25) is 9.98 Å². The van der Waals surface area contributed by atoms with Crippen LogP contribution in [0.1, 0.15) is 10.5 Å². The van der Waals surface area contributed by atoms with E-state index in [0.717, 1.165) is 6.20 Å². The van der Waals surface area contributed by atoms with E-state index in [2.05, 4.69) is 28.4 Å². The molecule has 1 rings (SSSR count). The number of rotatable bonds is 3. The summed E-state index contributed by atoms with van der Waals surface area (Å²) in [4.78, 5) is 21.0. The van der Waals surface area contributed by atoms with Crippen LogP contribution in [0.4, 0.5) is 11.4 Å². The highest BCUT2D eigenvalue weighted by molar-refractivity contribution is 5.92. The van der Waals surface area contributed by atoms with Gasteiger partial charge in [0.15, 0.2) is 11.4 Å². The van der Waals surface area contributed by atoms with E-state index in [9.17, 15) is 9.90 Å². The maximum Gasteiger partial charge on any atom is 0.358 e. The maximum absolute atomic E-state index is 10.6. The third-order valence-electron chi connectivity index (χ3n) is 1.54. The van der Waals surface area contributed by atoms with Crippen molar-refractivity contribution in [2.24, 2.45) is 9.98 Å². The first-order chi connectivity index (χ1) is 6.61. The van der Waals surface area contributed by atoms with Crippen molar-refractivity contribution in [2.45, 2.75) is 0 Å². The number of aliphatic imine (C=N–C) groups is 2. The smallest absolute Gasteiger partial charge is 0.358 e. The summed E-state index contributed by atoms with van der Waals surface area (Å²) in [6.07, 6.45) is 1.15. The van der Waals surface area contributed by atoms with E-state index in [1.807, 2.05) is 0 Å². The molecule has 1 heterocycles. The van der Waals surface area contributed by atoms with Crippen LogP contribution in [0.3, 0.4) is 0 Å². The minimum absolute atomic E-state index is 0.0348. The van der Waals surface area contributed by atoms with Gasteiger partial charge < -0.3 is 10.2 Å². The molecule has 0 spiro atoms. The summed E-state index contributed by atoms with van der Waals surface area (Å²) in [5, 5.41) is 18.0. The van der Waals surface area contributed by atoms with Crippen LogP contribution >= 0.6 is 0 Å². The van der Waals surface area contributed by atoms with E-state index in [1.165, 1.54) is 0 Å². The van der Waals surface area contributed by atoms with Crippen LogP contribution in [0, 0.1) is 0 Å². The lowest BCUT2D eigenvalue weighted by molar-refractivity contribution is 0.0687. The average Bonchev–Trinajstić information content (AvgIpc) is 2.16. The van der Waals surface area contributed by atoms with E-state index in [4.69, 9.17) is 5.11 Å². The number of nitrogens with zero attached hydrogens (tertiary/aromatic N) is 3. The lowest BCUT2D eigenvalue weighted by Gasteiger charge is -2.03. The maximum atomic E-state index is 10.6. The molecule has 0 aliphatic carbocycles. The lowest BCUT2D eigenvalue weighted by Crippen LogP contribution is -2.00. The van der Waals surface area contributed by atoms with Crippen LogP contribution in [0.25, 0.3) is 0 Å². The quantitative estimate of drug-likeness (QED) is 0.704. The van der Waals surface area contributed by atoms with Crippen molar-refractivity contribution in [3.63, 3.8) is 0 Å². The minimum Gasteiger partial charge on any atom is -0.504 e. The average molecular weight is 193 g/mol. The van der Waals surface area contributed by atoms with E-state index in [1.54, 1.807) is 0 Å². The first-order valence-corrected chi connectivity index (χ1v) is 3.50. The first-order valence-electron chi connectivity index (χ1n) is 3.50. The van der Waals surface area contributed by atoms with Crippen LogP contribution < -0.4 is 0 Å². The number of carboxylic acids is 1. The molecule has 0 aliphatic rings. The highest BCUT2D eigenvalue weighted by atomic mass is 16.4. The number of pyridine rings is 1. The van der Waals surface area contributed by atoms with Gasteiger partial charge in [0, 0.05) is 0 Å². The Morgan fingerprint density at radius 1 is 1.43 bits per heavy atom. The Hall–Kier alpha value is -2.24. The molecule has 0 fully saturated rings. The largest absolute Gasteiger partial charge is 0.504 e. The van der Waals surface area contributed by atoms with Crippen LogP contribution in [0.15, 0.2) is 16.2 Å². The second-order valence-corrected chi connectivity index (χ2v) is 2.31. The molecule has 2 N–H and O–H groups in total. The first kappa shape index (κ1) is 9.85. The Morgan fingerprint density at radius 2 is 2.07 bits per heavy atom. The Bertz CT molecular complexity index is 415. The van der Waals surface area contributed by atoms with Gasteiger partial charge in [-0.25, -0.2) is 9.78 Å². The number of carboxylic acid groups (broad SMARTS) is 1. The van der Waals surface area contributed by atoms with Crippen molar-refractivity contribution < 1.29 is 15.0 Å².